The standard InChI is InChI=1S/C28H35FN4O3/c1-16-8-7-9-20(25(16)29)17(2)30-26-21-14-22(24(36-6)15-23(21)31-18(3)32-26)28(35)12-10-19(11-13-28)27(34)33(4)5/h7-9,14-15,17,19,35H,10-13H2,1-6H3,(H,30,31,32)/t17-,19?,28?/m1/s1. The van der Waals surface area contributed by atoms with Gasteiger partial charge in [-0.15, -0.1) is 0 Å². The monoisotopic (exact) mass is 494 g/mol. The first-order valence-corrected chi connectivity index (χ1v) is 12.4. The summed E-state index contributed by atoms with van der Waals surface area (Å²) >= 11 is 0. The van der Waals surface area contributed by atoms with E-state index in [-0.39, 0.29) is 23.7 Å². The van der Waals surface area contributed by atoms with E-state index in [0.717, 1.165) is 5.39 Å². The van der Waals surface area contributed by atoms with Crippen molar-refractivity contribution >= 4 is 22.6 Å². The smallest absolute Gasteiger partial charge is 0.225 e. The summed E-state index contributed by atoms with van der Waals surface area (Å²) in [5.74, 6) is 1.43. The van der Waals surface area contributed by atoms with Crippen molar-refractivity contribution in [3.8, 4) is 5.75 Å². The van der Waals surface area contributed by atoms with E-state index >= 15 is 0 Å². The van der Waals surface area contributed by atoms with E-state index in [9.17, 15) is 14.3 Å². The molecule has 0 unspecified atom stereocenters. The van der Waals surface area contributed by atoms with Gasteiger partial charge in [-0.1, -0.05) is 18.2 Å². The van der Waals surface area contributed by atoms with Crippen molar-refractivity contribution in [3.05, 3.63) is 58.7 Å². The van der Waals surface area contributed by atoms with Gasteiger partial charge in [-0.25, -0.2) is 14.4 Å². The number of hydrogen-bond donors (Lipinski definition) is 2. The molecule has 0 saturated heterocycles. The van der Waals surface area contributed by atoms with E-state index in [1.165, 1.54) is 0 Å². The SMILES string of the molecule is COc1cc2nc(C)nc(N[C@H](C)c3cccc(C)c3F)c2cc1C1(O)CCC(C(=O)N(C)C)CC1. The Bertz CT molecular complexity index is 1290. The third-order valence-corrected chi connectivity index (χ3v) is 7.27. The maximum Gasteiger partial charge on any atom is 0.225 e. The Morgan fingerprint density at radius 1 is 1.22 bits per heavy atom. The largest absolute Gasteiger partial charge is 0.496 e. The van der Waals surface area contributed by atoms with Crippen molar-refractivity contribution in [2.45, 2.75) is 58.1 Å². The van der Waals surface area contributed by atoms with E-state index in [0.29, 0.717) is 65.3 Å². The van der Waals surface area contributed by atoms with Crippen LogP contribution < -0.4 is 10.1 Å². The molecule has 1 aromatic heterocycles. The van der Waals surface area contributed by atoms with Crippen molar-refractivity contribution in [2.24, 2.45) is 5.92 Å². The molecule has 0 radical (unpaired) electrons. The molecular formula is C28H35FN4O3. The molecule has 1 heterocycles. The van der Waals surface area contributed by atoms with E-state index in [2.05, 4.69) is 15.3 Å². The van der Waals surface area contributed by atoms with Crippen LogP contribution in [-0.4, -0.2) is 47.1 Å². The van der Waals surface area contributed by atoms with Gasteiger partial charge in [-0.3, -0.25) is 4.79 Å². The zero-order chi connectivity index (χ0) is 26.2. The Hall–Kier alpha value is -3.26. The fourth-order valence-electron chi connectivity index (χ4n) is 5.18. The summed E-state index contributed by atoms with van der Waals surface area (Å²) in [6.07, 6.45) is 2.07. The summed E-state index contributed by atoms with van der Waals surface area (Å²) in [7, 11) is 5.09. The zero-order valence-corrected chi connectivity index (χ0v) is 21.9. The van der Waals surface area contributed by atoms with Crippen LogP contribution in [0.2, 0.25) is 0 Å². The quantitative estimate of drug-likeness (QED) is 0.500. The number of aromatic nitrogens is 2. The van der Waals surface area contributed by atoms with Crippen LogP contribution in [0.15, 0.2) is 30.3 Å². The van der Waals surface area contributed by atoms with Gasteiger partial charge in [-0.2, -0.15) is 0 Å². The van der Waals surface area contributed by atoms with Crippen LogP contribution in [0.5, 0.6) is 5.75 Å². The second-order valence-corrected chi connectivity index (χ2v) is 10.1. The maximum atomic E-state index is 14.8. The molecule has 1 aliphatic rings. The molecule has 0 aliphatic heterocycles. The molecule has 7 nitrogen and oxygen atoms in total. The van der Waals surface area contributed by atoms with Crippen LogP contribution in [0, 0.1) is 25.6 Å². The zero-order valence-electron chi connectivity index (χ0n) is 21.9. The Balaban J connectivity index is 1.73. The first-order valence-electron chi connectivity index (χ1n) is 12.4. The fourth-order valence-corrected chi connectivity index (χ4v) is 5.18. The molecule has 1 saturated carbocycles. The Morgan fingerprint density at radius 2 is 1.92 bits per heavy atom. The van der Waals surface area contributed by atoms with Crippen LogP contribution in [0.4, 0.5) is 10.2 Å². The number of carbonyl (C=O) groups excluding carboxylic acids is 1. The highest BCUT2D eigenvalue weighted by Gasteiger charge is 2.39. The van der Waals surface area contributed by atoms with Gasteiger partial charge in [0.1, 0.15) is 23.2 Å². The van der Waals surface area contributed by atoms with Gasteiger partial charge < -0.3 is 20.1 Å². The number of hydrogen-bond acceptors (Lipinski definition) is 6. The van der Waals surface area contributed by atoms with E-state index in [4.69, 9.17) is 4.74 Å². The summed E-state index contributed by atoms with van der Waals surface area (Å²) in [6, 6.07) is 8.70. The molecule has 8 heteroatoms. The molecule has 0 spiro atoms. The number of benzene rings is 2. The summed E-state index contributed by atoms with van der Waals surface area (Å²) in [5.41, 5.74) is 1.32. The van der Waals surface area contributed by atoms with Crippen molar-refractivity contribution in [3.63, 3.8) is 0 Å². The van der Waals surface area contributed by atoms with Gasteiger partial charge in [0.25, 0.3) is 0 Å². The molecule has 2 N–H and O–H groups in total. The predicted octanol–water partition coefficient (Wildman–Crippen LogP) is 5.03. The molecule has 36 heavy (non-hydrogen) atoms. The van der Waals surface area contributed by atoms with Crippen LogP contribution in [0.1, 0.15) is 61.2 Å². The van der Waals surface area contributed by atoms with Crippen molar-refractivity contribution in [1.29, 1.82) is 0 Å². The van der Waals surface area contributed by atoms with Crippen LogP contribution in [-0.2, 0) is 10.4 Å². The molecule has 3 aromatic rings. The number of aryl methyl sites for hydroxylation is 2. The molecule has 2 aromatic carbocycles. The first-order chi connectivity index (χ1) is 17.0. The Kier molecular flexibility index (Phi) is 7.18. The molecular weight excluding hydrogens is 459 g/mol. The van der Waals surface area contributed by atoms with Crippen LogP contribution in [0.3, 0.4) is 0 Å². The molecule has 0 bridgehead atoms. The molecule has 1 atom stereocenters. The number of ether oxygens (including phenoxy) is 1. The lowest BCUT2D eigenvalue weighted by molar-refractivity contribution is -0.136. The van der Waals surface area contributed by atoms with Crippen LogP contribution >= 0.6 is 0 Å². The number of anilines is 1. The number of carbonyl (C=O) groups is 1. The lowest BCUT2D eigenvalue weighted by atomic mass is 9.74. The van der Waals surface area contributed by atoms with Crippen molar-refractivity contribution in [1.82, 2.24) is 14.9 Å². The summed E-state index contributed by atoms with van der Waals surface area (Å²) < 4.78 is 20.5. The highest BCUT2D eigenvalue weighted by molar-refractivity contribution is 5.91. The van der Waals surface area contributed by atoms with E-state index in [1.54, 1.807) is 52.1 Å². The Morgan fingerprint density at radius 3 is 2.56 bits per heavy atom. The molecule has 4 rings (SSSR count). The van der Waals surface area contributed by atoms with E-state index in [1.807, 2.05) is 25.1 Å². The van der Waals surface area contributed by atoms with Gasteiger partial charge in [0.2, 0.25) is 5.91 Å². The first kappa shape index (κ1) is 25.8. The minimum Gasteiger partial charge on any atom is -0.496 e. The lowest BCUT2D eigenvalue weighted by Gasteiger charge is -2.37. The summed E-state index contributed by atoms with van der Waals surface area (Å²) in [4.78, 5) is 23.3. The van der Waals surface area contributed by atoms with Crippen molar-refractivity contribution < 1.29 is 19.0 Å². The van der Waals surface area contributed by atoms with Gasteiger partial charge >= 0.3 is 0 Å². The minimum absolute atomic E-state index is 0.0928. The topological polar surface area (TPSA) is 87.6 Å². The van der Waals surface area contributed by atoms with Crippen molar-refractivity contribution in [2.75, 3.05) is 26.5 Å². The third-order valence-electron chi connectivity index (χ3n) is 7.27. The molecule has 1 amide bonds. The fraction of sp³-hybridized carbons (Fsp3) is 0.464. The second kappa shape index (κ2) is 10.0. The average Bonchev–Trinajstić information content (AvgIpc) is 2.84. The summed E-state index contributed by atoms with van der Waals surface area (Å²) in [5, 5.41) is 15.8. The van der Waals surface area contributed by atoms with Gasteiger partial charge in [0, 0.05) is 42.6 Å². The maximum absolute atomic E-state index is 14.8. The molecule has 192 valence electrons. The van der Waals surface area contributed by atoms with Gasteiger partial charge in [0.05, 0.1) is 24.3 Å². The minimum atomic E-state index is -1.14. The highest BCUT2D eigenvalue weighted by Crippen LogP contribution is 2.45. The highest BCUT2D eigenvalue weighted by atomic mass is 19.1. The summed E-state index contributed by atoms with van der Waals surface area (Å²) in [6.45, 7) is 5.44. The van der Waals surface area contributed by atoms with Crippen LogP contribution in [0.25, 0.3) is 10.9 Å². The number of halogens is 1. The number of nitrogens with zero attached hydrogens (tertiary/aromatic N) is 3. The predicted molar refractivity (Wildman–Crippen MR) is 139 cm³/mol. The van der Waals surface area contributed by atoms with Gasteiger partial charge in [0.15, 0.2) is 0 Å². The Labute approximate surface area is 211 Å². The normalized spacial score (nSPS) is 20.7. The second-order valence-electron chi connectivity index (χ2n) is 10.1. The average molecular weight is 495 g/mol. The molecule has 1 aliphatic carbocycles. The number of fused-ring (bicyclic) bond motifs is 1. The lowest BCUT2D eigenvalue weighted by Crippen LogP contribution is -2.38. The molecule has 1 fully saturated rings. The number of nitrogens with one attached hydrogen (secondary N) is 1. The number of aliphatic hydroxyl groups is 1. The number of rotatable bonds is 6. The van der Waals surface area contributed by atoms with E-state index < -0.39 is 5.60 Å². The number of amides is 1. The third kappa shape index (κ3) is 4.87. The van der Waals surface area contributed by atoms with Gasteiger partial charge in [-0.05, 0) is 58.1 Å². The number of methoxy groups -OCH3 is 1.